The SMILES string of the molecule is CNCCc1nnc(-c2ccc(I)cc2)o1. The number of nitrogens with one attached hydrogen (secondary N) is 1. The lowest BCUT2D eigenvalue weighted by Gasteiger charge is -1.95. The number of nitrogens with zero attached hydrogens (tertiary/aromatic N) is 2. The number of hydrogen-bond acceptors (Lipinski definition) is 4. The van der Waals surface area contributed by atoms with E-state index < -0.39 is 0 Å². The van der Waals surface area contributed by atoms with Gasteiger partial charge in [0.2, 0.25) is 11.8 Å². The fraction of sp³-hybridized carbons (Fsp3) is 0.273. The molecule has 0 atom stereocenters. The van der Waals surface area contributed by atoms with Gasteiger partial charge in [-0.25, -0.2) is 0 Å². The smallest absolute Gasteiger partial charge is 0.247 e. The third kappa shape index (κ3) is 2.79. The van der Waals surface area contributed by atoms with Gasteiger partial charge < -0.3 is 9.73 Å². The molecule has 0 fully saturated rings. The van der Waals surface area contributed by atoms with Gasteiger partial charge in [0.25, 0.3) is 0 Å². The quantitative estimate of drug-likeness (QED) is 0.873. The Hall–Kier alpha value is -0.950. The molecule has 2 aromatic rings. The van der Waals surface area contributed by atoms with Crippen LogP contribution in [-0.4, -0.2) is 23.8 Å². The van der Waals surface area contributed by atoms with Gasteiger partial charge in [-0.05, 0) is 53.9 Å². The molecule has 1 heterocycles. The van der Waals surface area contributed by atoms with Gasteiger partial charge in [0, 0.05) is 22.1 Å². The Balaban J connectivity index is 2.15. The zero-order valence-corrected chi connectivity index (χ0v) is 11.1. The highest BCUT2D eigenvalue weighted by Crippen LogP contribution is 2.18. The molecule has 1 N–H and O–H groups in total. The minimum Gasteiger partial charge on any atom is -0.421 e. The van der Waals surface area contributed by atoms with E-state index in [4.69, 9.17) is 4.42 Å². The standard InChI is InChI=1S/C11H12IN3O/c1-13-7-6-10-14-15-11(16-10)8-2-4-9(12)5-3-8/h2-5,13H,6-7H2,1H3. The van der Waals surface area contributed by atoms with Crippen molar-refractivity contribution >= 4 is 22.6 Å². The third-order valence-electron chi connectivity index (χ3n) is 2.15. The van der Waals surface area contributed by atoms with Crippen LogP contribution >= 0.6 is 22.6 Å². The van der Waals surface area contributed by atoms with Crippen LogP contribution in [0.25, 0.3) is 11.5 Å². The molecular formula is C11H12IN3O. The van der Waals surface area contributed by atoms with Crippen molar-refractivity contribution < 1.29 is 4.42 Å². The van der Waals surface area contributed by atoms with Crippen molar-refractivity contribution in [3.63, 3.8) is 0 Å². The Kier molecular flexibility index (Phi) is 3.89. The average Bonchev–Trinajstić information content (AvgIpc) is 2.76. The van der Waals surface area contributed by atoms with Gasteiger partial charge >= 0.3 is 0 Å². The van der Waals surface area contributed by atoms with Crippen LogP contribution in [0.3, 0.4) is 0 Å². The van der Waals surface area contributed by atoms with E-state index in [0.717, 1.165) is 18.5 Å². The molecule has 0 spiro atoms. The molecule has 0 bridgehead atoms. The summed E-state index contributed by atoms with van der Waals surface area (Å²) in [7, 11) is 1.90. The van der Waals surface area contributed by atoms with E-state index in [2.05, 4.69) is 38.1 Å². The normalized spacial score (nSPS) is 10.6. The molecule has 0 saturated heterocycles. The summed E-state index contributed by atoms with van der Waals surface area (Å²) < 4.78 is 6.74. The molecule has 0 unspecified atom stereocenters. The molecular weight excluding hydrogens is 317 g/mol. The van der Waals surface area contributed by atoms with Crippen molar-refractivity contribution in [2.45, 2.75) is 6.42 Å². The molecule has 84 valence electrons. The first-order valence-electron chi connectivity index (χ1n) is 5.02. The van der Waals surface area contributed by atoms with Crippen LogP contribution in [0.1, 0.15) is 5.89 Å². The Bertz CT molecular complexity index is 453. The maximum atomic E-state index is 5.55. The lowest BCUT2D eigenvalue weighted by atomic mass is 10.2. The summed E-state index contributed by atoms with van der Waals surface area (Å²) in [6, 6.07) is 8.01. The summed E-state index contributed by atoms with van der Waals surface area (Å²) in [6.07, 6.45) is 0.758. The van der Waals surface area contributed by atoms with Gasteiger partial charge in [-0.3, -0.25) is 0 Å². The molecule has 0 amide bonds. The van der Waals surface area contributed by atoms with Gasteiger partial charge in [-0.15, -0.1) is 10.2 Å². The summed E-state index contributed by atoms with van der Waals surface area (Å²) in [5.41, 5.74) is 0.962. The molecule has 1 aromatic carbocycles. The Morgan fingerprint density at radius 1 is 1.25 bits per heavy atom. The predicted octanol–water partition coefficient (Wildman–Crippen LogP) is 2.10. The second kappa shape index (κ2) is 5.40. The molecule has 1 aromatic heterocycles. The van der Waals surface area contributed by atoms with E-state index >= 15 is 0 Å². The second-order valence-corrected chi connectivity index (χ2v) is 4.61. The maximum absolute atomic E-state index is 5.55. The van der Waals surface area contributed by atoms with Crippen molar-refractivity contribution in [3.8, 4) is 11.5 Å². The van der Waals surface area contributed by atoms with E-state index in [1.54, 1.807) is 0 Å². The highest BCUT2D eigenvalue weighted by atomic mass is 127. The molecule has 4 nitrogen and oxygen atoms in total. The summed E-state index contributed by atoms with van der Waals surface area (Å²) >= 11 is 2.26. The molecule has 16 heavy (non-hydrogen) atoms. The topological polar surface area (TPSA) is 51.0 Å². The number of rotatable bonds is 4. The van der Waals surface area contributed by atoms with Crippen LogP contribution in [0.5, 0.6) is 0 Å². The lowest BCUT2D eigenvalue weighted by Crippen LogP contribution is -2.10. The zero-order valence-electron chi connectivity index (χ0n) is 8.90. The molecule has 0 radical (unpaired) electrons. The summed E-state index contributed by atoms with van der Waals surface area (Å²) in [5.74, 6) is 1.26. The van der Waals surface area contributed by atoms with Gasteiger partial charge in [0.1, 0.15) is 0 Å². The van der Waals surface area contributed by atoms with Crippen molar-refractivity contribution in [2.75, 3.05) is 13.6 Å². The van der Waals surface area contributed by atoms with Crippen LogP contribution in [0.2, 0.25) is 0 Å². The van der Waals surface area contributed by atoms with E-state index in [-0.39, 0.29) is 0 Å². The van der Waals surface area contributed by atoms with Crippen LogP contribution < -0.4 is 5.32 Å². The lowest BCUT2D eigenvalue weighted by molar-refractivity contribution is 0.500. The minimum absolute atomic E-state index is 0.586. The van der Waals surface area contributed by atoms with Crippen LogP contribution in [0.15, 0.2) is 28.7 Å². The van der Waals surface area contributed by atoms with Crippen LogP contribution in [-0.2, 0) is 6.42 Å². The molecule has 2 rings (SSSR count). The van der Waals surface area contributed by atoms with E-state index in [0.29, 0.717) is 11.8 Å². The van der Waals surface area contributed by atoms with Crippen molar-refractivity contribution in [1.82, 2.24) is 15.5 Å². The average molecular weight is 329 g/mol. The zero-order chi connectivity index (χ0) is 11.4. The number of benzene rings is 1. The first-order valence-corrected chi connectivity index (χ1v) is 6.10. The second-order valence-electron chi connectivity index (χ2n) is 3.36. The van der Waals surface area contributed by atoms with Gasteiger partial charge in [0.15, 0.2) is 0 Å². The molecule has 0 aliphatic rings. The fourth-order valence-corrected chi connectivity index (χ4v) is 1.66. The van der Waals surface area contributed by atoms with Crippen LogP contribution in [0.4, 0.5) is 0 Å². The fourth-order valence-electron chi connectivity index (χ4n) is 1.30. The molecule has 5 heteroatoms. The highest BCUT2D eigenvalue weighted by molar-refractivity contribution is 14.1. The minimum atomic E-state index is 0.586. The molecule has 0 saturated carbocycles. The first-order chi connectivity index (χ1) is 7.79. The monoisotopic (exact) mass is 329 g/mol. The van der Waals surface area contributed by atoms with E-state index in [9.17, 15) is 0 Å². The summed E-state index contributed by atoms with van der Waals surface area (Å²) in [4.78, 5) is 0. The highest BCUT2D eigenvalue weighted by Gasteiger charge is 2.07. The van der Waals surface area contributed by atoms with Gasteiger partial charge in [0.05, 0.1) is 0 Å². The third-order valence-corrected chi connectivity index (χ3v) is 2.87. The largest absolute Gasteiger partial charge is 0.421 e. The predicted molar refractivity (Wildman–Crippen MR) is 70.1 cm³/mol. The Morgan fingerprint density at radius 2 is 2.00 bits per heavy atom. The van der Waals surface area contributed by atoms with Gasteiger partial charge in [-0.2, -0.15) is 0 Å². The molecule has 0 aliphatic carbocycles. The van der Waals surface area contributed by atoms with Crippen molar-refractivity contribution in [2.24, 2.45) is 0 Å². The first kappa shape index (κ1) is 11.5. The maximum Gasteiger partial charge on any atom is 0.247 e. The molecule has 0 aliphatic heterocycles. The summed E-state index contributed by atoms with van der Waals surface area (Å²) in [5, 5.41) is 11.1. The van der Waals surface area contributed by atoms with Gasteiger partial charge in [-0.1, -0.05) is 0 Å². The van der Waals surface area contributed by atoms with Crippen molar-refractivity contribution in [3.05, 3.63) is 33.7 Å². The number of aromatic nitrogens is 2. The number of hydrogen-bond donors (Lipinski definition) is 1. The Morgan fingerprint density at radius 3 is 2.69 bits per heavy atom. The Labute approximate surface area is 108 Å². The van der Waals surface area contributed by atoms with E-state index in [1.165, 1.54) is 3.57 Å². The number of halogens is 1. The van der Waals surface area contributed by atoms with Crippen molar-refractivity contribution in [1.29, 1.82) is 0 Å². The van der Waals surface area contributed by atoms with Crippen LogP contribution in [0, 0.1) is 3.57 Å². The van der Waals surface area contributed by atoms with E-state index in [1.807, 2.05) is 31.3 Å². The number of likely N-dealkylation sites (N-methyl/N-ethyl adjacent to an activating group) is 1. The summed E-state index contributed by atoms with van der Waals surface area (Å²) in [6.45, 7) is 0.842.